The van der Waals surface area contributed by atoms with Gasteiger partial charge in [0.1, 0.15) is 17.1 Å². The molecule has 0 atom stereocenters. The third-order valence-corrected chi connectivity index (χ3v) is 4.31. The van der Waals surface area contributed by atoms with Gasteiger partial charge in [0.05, 0.1) is 12.2 Å². The first kappa shape index (κ1) is 17.3. The summed E-state index contributed by atoms with van der Waals surface area (Å²) >= 11 is 0. The first-order valence-corrected chi connectivity index (χ1v) is 8.38. The summed E-state index contributed by atoms with van der Waals surface area (Å²) in [6.07, 6.45) is 4.12. The van der Waals surface area contributed by atoms with Gasteiger partial charge in [-0.05, 0) is 39.7 Å². The molecule has 8 heteroatoms. The van der Waals surface area contributed by atoms with Crippen molar-refractivity contribution in [2.24, 2.45) is 0 Å². The molecule has 1 aliphatic rings. The van der Waals surface area contributed by atoms with E-state index in [9.17, 15) is 9.90 Å². The molecule has 0 saturated carbocycles. The van der Waals surface area contributed by atoms with E-state index in [1.165, 1.54) is 0 Å². The summed E-state index contributed by atoms with van der Waals surface area (Å²) in [5.41, 5.74) is 6.65. The van der Waals surface area contributed by atoms with E-state index in [4.69, 9.17) is 5.73 Å². The number of fused-ring (bicyclic) bond motifs is 1. The van der Waals surface area contributed by atoms with Gasteiger partial charge in [-0.3, -0.25) is 4.79 Å². The number of imidazole rings is 1. The summed E-state index contributed by atoms with van der Waals surface area (Å²) in [7, 11) is 0. The fraction of sp³-hybridized carbons (Fsp3) is 0.529. The molecule has 8 nitrogen and oxygen atoms in total. The maximum atomic E-state index is 12.9. The van der Waals surface area contributed by atoms with Crippen molar-refractivity contribution in [2.45, 2.75) is 52.3 Å². The van der Waals surface area contributed by atoms with Crippen LogP contribution < -0.4 is 5.73 Å². The molecule has 3 heterocycles. The third kappa shape index (κ3) is 3.34. The number of carbonyl (C=O) groups is 1. The first-order valence-electron chi connectivity index (χ1n) is 8.38. The van der Waals surface area contributed by atoms with Crippen LogP contribution in [-0.4, -0.2) is 42.0 Å². The number of amides is 1. The highest BCUT2D eigenvalue weighted by Crippen LogP contribution is 2.24. The third-order valence-electron chi connectivity index (χ3n) is 4.31. The monoisotopic (exact) mass is 344 g/mol. The average Bonchev–Trinajstić information content (AvgIpc) is 2.99. The number of aliphatic hydroxyl groups is 1. The Morgan fingerprint density at radius 3 is 2.68 bits per heavy atom. The fourth-order valence-corrected chi connectivity index (χ4v) is 3.00. The molecule has 0 bridgehead atoms. The van der Waals surface area contributed by atoms with E-state index in [0.717, 1.165) is 11.3 Å². The van der Waals surface area contributed by atoms with Crippen LogP contribution in [0.15, 0.2) is 12.4 Å². The van der Waals surface area contributed by atoms with E-state index < -0.39 is 5.60 Å². The molecule has 0 aliphatic carbocycles. The van der Waals surface area contributed by atoms with Crippen molar-refractivity contribution < 1.29 is 9.90 Å². The van der Waals surface area contributed by atoms with Crippen molar-refractivity contribution in [1.29, 1.82) is 0 Å². The molecule has 1 amide bonds. The molecule has 2 aromatic rings. The highest BCUT2D eigenvalue weighted by Gasteiger charge is 2.30. The lowest BCUT2D eigenvalue weighted by Gasteiger charge is -2.27. The summed E-state index contributed by atoms with van der Waals surface area (Å²) in [5, 5.41) is 10.3. The number of hydrogen-bond acceptors (Lipinski definition) is 6. The van der Waals surface area contributed by atoms with Gasteiger partial charge in [0.15, 0.2) is 0 Å². The van der Waals surface area contributed by atoms with Crippen LogP contribution in [0.2, 0.25) is 0 Å². The van der Waals surface area contributed by atoms with Crippen LogP contribution in [0.25, 0.3) is 0 Å². The van der Waals surface area contributed by atoms with Gasteiger partial charge in [0.2, 0.25) is 5.95 Å². The quantitative estimate of drug-likeness (QED) is 0.867. The number of nitrogen functional groups attached to an aromatic ring is 1. The second kappa shape index (κ2) is 6.11. The van der Waals surface area contributed by atoms with E-state index in [-0.39, 0.29) is 17.9 Å². The molecule has 2 aromatic heterocycles. The Kier molecular flexibility index (Phi) is 4.24. The van der Waals surface area contributed by atoms with E-state index in [0.29, 0.717) is 31.0 Å². The molecule has 3 N–H and O–H groups in total. The van der Waals surface area contributed by atoms with Crippen LogP contribution >= 0.6 is 0 Å². The van der Waals surface area contributed by atoms with Crippen molar-refractivity contribution in [1.82, 2.24) is 24.4 Å². The normalized spacial score (nSPS) is 14.7. The topological polar surface area (TPSA) is 110 Å². The lowest BCUT2D eigenvalue weighted by atomic mass is 10.1. The highest BCUT2D eigenvalue weighted by atomic mass is 16.3. The zero-order valence-corrected chi connectivity index (χ0v) is 15.0. The van der Waals surface area contributed by atoms with Crippen molar-refractivity contribution >= 4 is 11.9 Å². The van der Waals surface area contributed by atoms with Crippen LogP contribution in [0.4, 0.5) is 5.95 Å². The molecule has 134 valence electrons. The summed E-state index contributed by atoms with van der Waals surface area (Å²) in [6, 6.07) is 0.0881. The molecular weight excluding hydrogens is 320 g/mol. The van der Waals surface area contributed by atoms with Crippen LogP contribution in [0.1, 0.15) is 61.3 Å². The van der Waals surface area contributed by atoms with Crippen molar-refractivity contribution in [3.63, 3.8) is 0 Å². The average molecular weight is 344 g/mol. The molecule has 0 unspecified atom stereocenters. The first-order chi connectivity index (χ1) is 11.7. The lowest BCUT2D eigenvalue weighted by Crippen LogP contribution is -2.37. The molecular formula is C17H24N6O2. The molecule has 0 radical (unpaired) electrons. The SMILES string of the molecule is CC(C)n1cc(C(=O)N2CCc3cnc(N)nc3C2)nc1C(C)(C)O. The number of carbonyl (C=O) groups excluding carboxylic acids is 1. The van der Waals surface area contributed by atoms with E-state index in [1.807, 2.05) is 18.4 Å². The number of anilines is 1. The predicted molar refractivity (Wildman–Crippen MR) is 92.7 cm³/mol. The van der Waals surface area contributed by atoms with E-state index >= 15 is 0 Å². The summed E-state index contributed by atoms with van der Waals surface area (Å²) in [5.74, 6) is 0.518. The number of nitrogens with zero attached hydrogens (tertiary/aromatic N) is 5. The van der Waals surface area contributed by atoms with Gasteiger partial charge in [0, 0.05) is 25.0 Å². The Bertz CT molecular complexity index is 806. The Hall–Kier alpha value is -2.48. The van der Waals surface area contributed by atoms with Gasteiger partial charge < -0.3 is 20.3 Å². The van der Waals surface area contributed by atoms with Crippen molar-refractivity contribution in [2.75, 3.05) is 12.3 Å². The van der Waals surface area contributed by atoms with Crippen LogP contribution in [0.5, 0.6) is 0 Å². The number of nitrogens with two attached hydrogens (primary N) is 1. The van der Waals surface area contributed by atoms with Gasteiger partial charge in [-0.1, -0.05) is 0 Å². The van der Waals surface area contributed by atoms with E-state index in [2.05, 4.69) is 15.0 Å². The molecule has 0 fully saturated rings. The van der Waals surface area contributed by atoms with Crippen LogP contribution in [0, 0.1) is 0 Å². The second-order valence-corrected chi connectivity index (χ2v) is 7.19. The lowest BCUT2D eigenvalue weighted by molar-refractivity contribution is 0.0631. The number of hydrogen-bond donors (Lipinski definition) is 2. The largest absolute Gasteiger partial charge is 0.383 e. The summed E-state index contributed by atoms with van der Waals surface area (Å²) < 4.78 is 1.84. The minimum atomic E-state index is -1.13. The number of rotatable bonds is 3. The van der Waals surface area contributed by atoms with Gasteiger partial charge in [-0.15, -0.1) is 0 Å². The second-order valence-electron chi connectivity index (χ2n) is 7.19. The van der Waals surface area contributed by atoms with Gasteiger partial charge >= 0.3 is 0 Å². The Morgan fingerprint density at radius 1 is 1.36 bits per heavy atom. The van der Waals surface area contributed by atoms with Gasteiger partial charge in [0.25, 0.3) is 5.91 Å². The smallest absolute Gasteiger partial charge is 0.274 e. The Labute approximate surface area is 146 Å². The molecule has 0 aromatic carbocycles. The van der Waals surface area contributed by atoms with Gasteiger partial charge in [-0.2, -0.15) is 0 Å². The van der Waals surface area contributed by atoms with E-state index in [1.54, 1.807) is 31.1 Å². The molecule has 25 heavy (non-hydrogen) atoms. The van der Waals surface area contributed by atoms with Crippen molar-refractivity contribution in [3.8, 4) is 0 Å². The maximum absolute atomic E-state index is 12.9. The molecule has 3 rings (SSSR count). The molecule has 0 spiro atoms. The van der Waals surface area contributed by atoms with Crippen LogP contribution in [-0.2, 0) is 18.6 Å². The fourth-order valence-electron chi connectivity index (χ4n) is 3.00. The minimum Gasteiger partial charge on any atom is -0.383 e. The maximum Gasteiger partial charge on any atom is 0.274 e. The Morgan fingerprint density at radius 2 is 2.08 bits per heavy atom. The van der Waals surface area contributed by atoms with Crippen molar-refractivity contribution in [3.05, 3.63) is 35.2 Å². The summed E-state index contributed by atoms with van der Waals surface area (Å²) in [4.78, 5) is 27.3. The highest BCUT2D eigenvalue weighted by molar-refractivity contribution is 5.92. The summed E-state index contributed by atoms with van der Waals surface area (Å²) in [6.45, 7) is 8.27. The zero-order valence-electron chi connectivity index (χ0n) is 15.0. The minimum absolute atomic E-state index is 0.0881. The molecule has 0 saturated heterocycles. The predicted octanol–water partition coefficient (Wildman–Crippen LogP) is 1.26. The number of aromatic nitrogens is 4. The standard InChI is InChI=1S/C17H24N6O2/c1-10(2)23-9-13(20-15(23)17(3,4)25)14(24)22-6-5-11-7-19-16(18)21-12(11)8-22/h7,9-10,25H,5-6,8H2,1-4H3,(H2,18,19,21). The van der Waals surface area contributed by atoms with Crippen LogP contribution in [0.3, 0.4) is 0 Å². The van der Waals surface area contributed by atoms with Gasteiger partial charge in [-0.25, -0.2) is 15.0 Å². The molecule has 1 aliphatic heterocycles. The Balaban J connectivity index is 1.89. The zero-order chi connectivity index (χ0) is 18.4.